The van der Waals surface area contributed by atoms with E-state index in [0.29, 0.717) is 35.5 Å². The van der Waals surface area contributed by atoms with Crippen LogP contribution in [0.1, 0.15) is 29.7 Å². The minimum Gasteiger partial charge on any atom is -0.406 e. The number of hydrogen-bond acceptors (Lipinski definition) is 8. The molecule has 5 heterocycles. The first-order valence-corrected chi connectivity index (χ1v) is 15.0. The number of aryl methyl sites for hydroxylation is 1. The Hall–Kier alpha value is -4.41. The third kappa shape index (κ3) is 5.76. The normalized spacial score (nSPS) is 20.3. The van der Waals surface area contributed by atoms with Crippen molar-refractivity contribution >= 4 is 33.5 Å². The number of alkyl halides is 3. The van der Waals surface area contributed by atoms with E-state index in [1.165, 1.54) is 30.1 Å². The lowest BCUT2D eigenvalue weighted by atomic mass is 9.72. The lowest BCUT2D eigenvalue weighted by Crippen LogP contribution is -2.60. The largest absolute Gasteiger partial charge is 0.573 e. The van der Waals surface area contributed by atoms with Crippen LogP contribution in [0.3, 0.4) is 0 Å². The van der Waals surface area contributed by atoms with Gasteiger partial charge in [0.2, 0.25) is 5.91 Å². The average Bonchev–Trinajstić information content (AvgIpc) is 3.26. The molecule has 2 aromatic heterocycles. The van der Waals surface area contributed by atoms with Gasteiger partial charge >= 0.3 is 6.36 Å². The lowest BCUT2D eigenvalue weighted by molar-refractivity contribution is -0.274. The van der Waals surface area contributed by atoms with Crippen LogP contribution in [-0.4, -0.2) is 77.1 Å². The fourth-order valence-electron chi connectivity index (χ4n) is 7.00. The van der Waals surface area contributed by atoms with Crippen LogP contribution in [0.15, 0.2) is 42.7 Å². The van der Waals surface area contributed by atoms with Crippen molar-refractivity contribution in [2.24, 2.45) is 5.41 Å². The summed E-state index contributed by atoms with van der Waals surface area (Å²) in [6, 6.07) is 12.9. The van der Waals surface area contributed by atoms with Gasteiger partial charge in [-0.1, -0.05) is 6.07 Å². The molecule has 0 saturated carbocycles. The maximum Gasteiger partial charge on any atom is 0.573 e. The van der Waals surface area contributed by atoms with Crippen LogP contribution in [0, 0.1) is 23.7 Å². The number of nitrogens with zero attached hydrogens (tertiary/aromatic N) is 6. The van der Waals surface area contributed by atoms with Crippen molar-refractivity contribution in [1.29, 1.82) is 5.26 Å². The SMILES string of the molecule is Cc1c(C#N)n(C[C@@H]2CNC(=O)CO2)c2ccc(CN3CCC4(CC3)CN(c3ncnc5ccc(OC(F)(F)F)cc35)C4)cc12. The minimum absolute atomic E-state index is 0.0310. The number of likely N-dealkylation sites (tertiary alicyclic amines) is 1. The van der Waals surface area contributed by atoms with Crippen LogP contribution in [0.2, 0.25) is 0 Å². The number of morpholine rings is 1. The molecule has 0 unspecified atom stereocenters. The Labute approximate surface area is 257 Å². The van der Waals surface area contributed by atoms with E-state index in [1.54, 1.807) is 0 Å². The van der Waals surface area contributed by atoms with E-state index < -0.39 is 6.36 Å². The molecular weight excluding hydrogens is 587 g/mol. The van der Waals surface area contributed by atoms with Crippen molar-refractivity contribution in [3.63, 3.8) is 0 Å². The van der Waals surface area contributed by atoms with Gasteiger partial charge in [-0.05, 0) is 74.3 Å². The number of benzene rings is 2. The molecule has 0 aliphatic carbocycles. The monoisotopic (exact) mass is 619 g/mol. The Balaban J connectivity index is 0.998. The van der Waals surface area contributed by atoms with Crippen molar-refractivity contribution in [3.05, 3.63) is 59.5 Å². The summed E-state index contributed by atoms with van der Waals surface area (Å²) < 4.78 is 50.2. The molecule has 1 N–H and O–H groups in total. The summed E-state index contributed by atoms with van der Waals surface area (Å²) in [7, 11) is 0. The second-order valence-electron chi connectivity index (χ2n) is 12.3. The summed E-state index contributed by atoms with van der Waals surface area (Å²) in [5.74, 6) is 0.226. The van der Waals surface area contributed by atoms with E-state index in [0.717, 1.165) is 62.0 Å². The van der Waals surface area contributed by atoms with E-state index in [9.17, 15) is 23.2 Å². The molecule has 0 bridgehead atoms. The van der Waals surface area contributed by atoms with Crippen molar-refractivity contribution < 1.29 is 27.4 Å². The number of fused-ring (bicyclic) bond motifs is 2. The molecule has 3 aliphatic heterocycles. The van der Waals surface area contributed by atoms with Crippen LogP contribution >= 0.6 is 0 Å². The van der Waals surface area contributed by atoms with Crippen LogP contribution in [-0.2, 0) is 22.6 Å². The van der Waals surface area contributed by atoms with Gasteiger partial charge in [-0.25, -0.2) is 9.97 Å². The first-order valence-electron chi connectivity index (χ1n) is 15.0. The van der Waals surface area contributed by atoms with Crippen LogP contribution < -0.4 is 15.0 Å². The minimum atomic E-state index is -4.76. The summed E-state index contributed by atoms with van der Waals surface area (Å²) in [6.07, 6.45) is -1.47. The fraction of sp³-hybridized carbons (Fsp3) is 0.438. The van der Waals surface area contributed by atoms with Crippen molar-refractivity contribution in [3.8, 4) is 11.8 Å². The first-order chi connectivity index (χ1) is 21.6. The quantitative estimate of drug-likeness (QED) is 0.341. The Morgan fingerprint density at radius 3 is 2.64 bits per heavy atom. The topological polar surface area (TPSA) is 109 Å². The third-order valence-corrected chi connectivity index (χ3v) is 9.34. The number of carbonyl (C=O) groups is 1. The predicted molar refractivity (Wildman–Crippen MR) is 160 cm³/mol. The highest BCUT2D eigenvalue weighted by Crippen LogP contribution is 2.44. The Morgan fingerprint density at radius 1 is 1.13 bits per heavy atom. The predicted octanol–water partition coefficient (Wildman–Crippen LogP) is 4.28. The van der Waals surface area contributed by atoms with E-state index in [2.05, 4.69) is 54.1 Å². The summed E-state index contributed by atoms with van der Waals surface area (Å²) in [4.78, 5) is 24.7. The number of rotatable bonds is 6. The lowest BCUT2D eigenvalue weighted by Gasteiger charge is -2.54. The summed E-state index contributed by atoms with van der Waals surface area (Å²) in [5.41, 5.74) is 4.44. The maximum absolute atomic E-state index is 12.8. The van der Waals surface area contributed by atoms with Gasteiger partial charge < -0.3 is 24.3 Å². The molecule has 7 rings (SSSR count). The highest BCUT2D eigenvalue weighted by Gasteiger charge is 2.45. The van der Waals surface area contributed by atoms with E-state index in [1.807, 2.05) is 11.5 Å². The number of carbonyl (C=O) groups excluding carboxylic acids is 1. The molecule has 3 aliphatic rings. The molecule has 45 heavy (non-hydrogen) atoms. The molecule has 13 heteroatoms. The van der Waals surface area contributed by atoms with Gasteiger partial charge in [0, 0.05) is 47.9 Å². The Morgan fingerprint density at radius 2 is 1.93 bits per heavy atom. The van der Waals surface area contributed by atoms with Gasteiger partial charge in [0.25, 0.3) is 0 Å². The second-order valence-corrected chi connectivity index (χ2v) is 12.3. The van der Waals surface area contributed by atoms with Crippen LogP contribution in [0.5, 0.6) is 5.75 Å². The second kappa shape index (κ2) is 11.2. The van der Waals surface area contributed by atoms with Gasteiger partial charge in [0.15, 0.2) is 0 Å². The zero-order valence-electron chi connectivity index (χ0n) is 24.7. The number of hydrogen-bond donors (Lipinski definition) is 1. The third-order valence-electron chi connectivity index (χ3n) is 9.34. The number of amides is 1. The van der Waals surface area contributed by atoms with Gasteiger partial charge in [-0.3, -0.25) is 9.69 Å². The van der Waals surface area contributed by atoms with Crippen molar-refractivity contribution in [2.75, 3.05) is 44.2 Å². The molecule has 1 spiro atoms. The molecular formula is C32H32F3N7O3. The van der Waals surface area contributed by atoms with E-state index in [-0.39, 0.29) is 29.8 Å². The number of nitrogens with one attached hydrogen (secondary N) is 1. The summed E-state index contributed by atoms with van der Waals surface area (Å²) in [5, 5.41) is 14.4. The van der Waals surface area contributed by atoms with E-state index in [4.69, 9.17) is 4.74 Å². The number of nitriles is 1. The highest BCUT2D eigenvalue weighted by molar-refractivity contribution is 5.91. The van der Waals surface area contributed by atoms with Gasteiger partial charge in [-0.15, -0.1) is 13.2 Å². The van der Waals surface area contributed by atoms with Gasteiger partial charge in [0.1, 0.15) is 36.3 Å². The molecule has 3 saturated heterocycles. The number of halogens is 3. The van der Waals surface area contributed by atoms with Crippen LogP contribution in [0.4, 0.5) is 19.0 Å². The molecule has 2 aromatic carbocycles. The zero-order valence-corrected chi connectivity index (χ0v) is 24.7. The first kappa shape index (κ1) is 29.3. The average molecular weight is 620 g/mol. The maximum atomic E-state index is 12.8. The molecule has 1 atom stereocenters. The van der Waals surface area contributed by atoms with Gasteiger partial charge in [-0.2, -0.15) is 5.26 Å². The fourth-order valence-corrected chi connectivity index (χ4v) is 7.00. The Kier molecular flexibility index (Phi) is 7.29. The Bertz CT molecular complexity index is 1810. The van der Waals surface area contributed by atoms with Crippen molar-refractivity contribution in [1.82, 2.24) is 24.8 Å². The zero-order chi connectivity index (χ0) is 31.3. The standard InChI is InChI=1S/C32H32F3N7O3/c1-20-24-10-21(2-5-27(24)42(28(20)12-36)15-23-13-37-29(43)16-44-23)14-40-8-6-31(7-9-40)17-41(18-31)30-25-11-22(45-32(33,34)35)3-4-26(25)38-19-39-30/h2-5,10-11,19,23H,6-9,13-18H2,1H3,(H,37,43)/t23-/m0/s1. The number of ether oxygens (including phenoxy) is 2. The molecule has 10 nitrogen and oxygen atoms in total. The summed E-state index contributed by atoms with van der Waals surface area (Å²) >= 11 is 0. The van der Waals surface area contributed by atoms with Crippen molar-refractivity contribution in [2.45, 2.75) is 45.3 Å². The number of aromatic nitrogens is 3. The van der Waals surface area contributed by atoms with E-state index >= 15 is 0 Å². The molecule has 4 aromatic rings. The molecule has 0 radical (unpaired) electrons. The number of anilines is 1. The number of piperidine rings is 1. The smallest absolute Gasteiger partial charge is 0.406 e. The van der Waals surface area contributed by atoms with Gasteiger partial charge in [0.05, 0.1) is 18.2 Å². The van der Waals surface area contributed by atoms with Crippen LogP contribution in [0.25, 0.3) is 21.8 Å². The molecule has 3 fully saturated rings. The highest BCUT2D eigenvalue weighted by atomic mass is 19.4. The molecule has 1 amide bonds. The summed E-state index contributed by atoms with van der Waals surface area (Å²) in [6.45, 7) is 7.18. The molecule has 234 valence electrons.